The summed E-state index contributed by atoms with van der Waals surface area (Å²) in [6.07, 6.45) is 0.330. The Balaban J connectivity index is 2.54. The highest BCUT2D eigenvalue weighted by Crippen LogP contribution is 2.25. The molecule has 0 amide bonds. The lowest BCUT2D eigenvalue weighted by Gasteiger charge is -2.06. The van der Waals surface area contributed by atoms with Crippen LogP contribution in [0.5, 0.6) is 0 Å². The monoisotopic (exact) mass is 262 g/mol. The van der Waals surface area contributed by atoms with Gasteiger partial charge in [0.05, 0.1) is 11.4 Å². The van der Waals surface area contributed by atoms with Gasteiger partial charge in [-0.3, -0.25) is 4.79 Å². The van der Waals surface area contributed by atoms with Crippen LogP contribution in [0.3, 0.4) is 0 Å². The Labute approximate surface area is 111 Å². The SMILES string of the molecule is CC(=O)Cc1c(C)nn(-c2ccccc2C)c1Cl. The fourth-order valence-corrected chi connectivity index (χ4v) is 2.27. The summed E-state index contributed by atoms with van der Waals surface area (Å²) in [7, 11) is 0. The lowest BCUT2D eigenvalue weighted by atomic mass is 10.1. The minimum absolute atomic E-state index is 0.0873. The van der Waals surface area contributed by atoms with Gasteiger partial charge in [-0.15, -0.1) is 0 Å². The average Bonchev–Trinajstić information content (AvgIpc) is 2.57. The summed E-state index contributed by atoms with van der Waals surface area (Å²) in [5.41, 5.74) is 3.66. The zero-order chi connectivity index (χ0) is 13.3. The van der Waals surface area contributed by atoms with Crippen LogP contribution in [-0.4, -0.2) is 15.6 Å². The number of nitrogens with zero attached hydrogens (tertiary/aromatic N) is 2. The van der Waals surface area contributed by atoms with Crippen LogP contribution in [0.4, 0.5) is 0 Å². The Morgan fingerprint density at radius 1 is 1.33 bits per heavy atom. The number of carbonyl (C=O) groups excluding carboxylic acids is 1. The first-order chi connectivity index (χ1) is 8.50. The standard InChI is InChI=1S/C14H15ClN2O/c1-9-6-4-5-7-13(9)17-14(15)12(8-10(2)18)11(3)16-17/h4-7H,8H2,1-3H3. The molecule has 94 valence electrons. The van der Waals surface area contributed by atoms with Crippen molar-refractivity contribution in [2.75, 3.05) is 0 Å². The van der Waals surface area contributed by atoms with Crippen molar-refractivity contribution in [1.29, 1.82) is 0 Å². The quantitative estimate of drug-likeness (QED) is 0.851. The second kappa shape index (κ2) is 4.94. The third-order valence-electron chi connectivity index (χ3n) is 2.89. The van der Waals surface area contributed by atoms with Crippen LogP contribution in [0.2, 0.25) is 5.15 Å². The largest absolute Gasteiger partial charge is 0.300 e. The molecule has 1 aromatic heterocycles. The first kappa shape index (κ1) is 12.8. The molecule has 0 fully saturated rings. The summed E-state index contributed by atoms with van der Waals surface area (Å²) in [6, 6.07) is 7.89. The highest BCUT2D eigenvalue weighted by atomic mass is 35.5. The van der Waals surface area contributed by atoms with Crippen LogP contribution in [0, 0.1) is 13.8 Å². The van der Waals surface area contributed by atoms with E-state index in [1.54, 1.807) is 11.6 Å². The van der Waals surface area contributed by atoms with Crippen LogP contribution in [-0.2, 0) is 11.2 Å². The molecule has 1 heterocycles. The zero-order valence-electron chi connectivity index (χ0n) is 10.7. The van der Waals surface area contributed by atoms with E-state index in [9.17, 15) is 4.79 Å². The summed E-state index contributed by atoms with van der Waals surface area (Å²) in [5.74, 6) is 0.0873. The highest BCUT2D eigenvalue weighted by Gasteiger charge is 2.16. The number of Topliss-reactive ketones (excluding diaryl/α,β-unsaturated/α-hetero) is 1. The first-order valence-corrected chi connectivity index (χ1v) is 6.18. The van der Waals surface area contributed by atoms with Crippen molar-refractivity contribution in [3.05, 3.63) is 46.2 Å². The van der Waals surface area contributed by atoms with E-state index in [-0.39, 0.29) is 5.78 Å². The number of aryl methyl sites for hydroxylation is 2. The average molecular weight is 263 g/mol. The van der Waals surface area contributed by atoms with Crippen molar-refractivity contribution >= 4 is 17.4 Å². The molecule has 0 aliphatic carbocycles. The Morgan fingerprint density at radius 2 is 2.00 bits per heavy atom. The second-order valence-corrected chi connectivity index (χ2v) is 4.79. The Hall–Kier alpha value is -1.61. The molecule has 0 radical (unpaired) electrons. The number of aromatic nitrogens is 2. The molecule has 0 saturated heterocycles. The molecule has 0 unspecified atom stereocenters. The van der Waals surface area contributed by atoms with Crippen molar-refractivity contribution in [1.82, 2.24) is 9.78 Å². The van der Waals surface area contributed by atoms with Crippen LogP contribution < -0.4 is 0 Å². The van der Waals surface area contributed by atoms with E-state index >= 15 is 0 Å². The van der Waals surface area contributed by atoms with Gasteiger partial charge in [0.15, 0.2) is 0 Å². The molecule has 0 N–H and O–H groups in total. The number of hydrogen-bond acceptors (Lipinski definition) is 2. The maximum absolute atomic E-state index is 11.2. The van der Waals surface area contributed by atoms with Gasteiger partial charge in [-0.2, -0.15) is 5.10 Å². The van der Waals surface area contributed by atoms with Crippen molar-refractivity contribution in [2.45, 2.75) is 27.2 Å². The Kier molecular flexibility index (Phi) is 3.53. The van der Waals surface area contributed by atoms with Gasteiger partial charge in [-0.05, 0) is 32.4 Å². The van der Waals surface area contributed by atoms with Crippen molar-refractivity contribution in [3.8, 4) is 5.69 Å². The molecule has 4 heteroatoms. The summed E-state index contributed by atoms with van der Waals surface area (Å²) in [6.45, 7) is 5.44. The van der Waals surface area contributed by atoms with Crippen LogP contribution >= 0.6 is 11.6 Å². The molecule has 2 aromatic rings. The minimum Gasteiger partial charge on any atom is -0.300 e. The number of para-hydroxylation sites is 1. The van der Waals surface area contributed by atoms with E-state index in [2.05, 4.69) is 5.10 Å². The number of rotatable bonds is 3. The maximum atomic E-state index is 11.2. The Bertz CT molecular complexity index is 602. The molecule has 3 nitrogen and oxygen atoms in total. The smallest absolute Gasteiger partial charge is 0.136 e. The maximum Gasteiger partial charge on any atom is 0.136 e. The normalized spacial score (nSPS) is 10.7. The molecule has 1 aromatic carbocycles. The van der Waals surface area contributed by atoms with Crippen molar-refractivity contribution < 1.29 is 4.79 Å². The van der Waals surface area contributed by atoms with E-state index in [1.807, 2.05) is 38.1 Å². The van der Waals surface area contributed by atoms with Gasteiger partial charge in [-0.25, -0.2) is 4.68 Å². The van der Waals surface area contributed by atoms with E-state index < -0.39 is 0 Å². The lowest BCUT2D eigenvalue weighted by Crippen LogP contribution is -2.00. The van der Waals surface area contributed by atoms with Crippen molar-refractivity contribution in [3.63, 3.8) is 0 Å². The number of halogens is 1. The van der Waals surface area contributed by atoms with Gasteiger partial charge < -0.3 is 0 Å². The number of hydrogen-bond donors (Lipinski definition) is 0. The van der Waals surface area contributed by atoms with E-state index in [0.29, 0.717) is 11.6 Å². The van der Waals surface area contributed by atoms with E-state index in [0.717, 1.165) is 22.5 Å². The molecule has 0 aliphatic rings. The predicted octanol–water partition coefficient (Wildman–Crippen LogP) is 3.27. The molecule has 2 rings (SSSR count). The number of carbonyl (C=O) groups is 1. The van der Waals surface area contributed by atoms with Crippen LogP contribution in [0.1, 0.15) is 23.7 Å². The molecule has 0 aliphatic heterocycles. The molecule has 0 spiro atoms. The van der Waals surface area contributed by atoms with Crippen molar-refractivity contribution in [2.24, 2.45) is 0 Å². The second-order valence-electron chi connectivity index (χ2n) is 4.43. The molecule has 0 atom stereocenters. The van der Waals surface area contributed by atoms with E-state index in [4.69, 9.17) is 11.6 Å². The number of benzene rings is 1. The summed E-state index contributed by atoms with van der Waals surface area (Å²) in [4.78, 5) is 11.2. The van der Waals surface area contributed by atoms with Gasteiger partial charge in [0.2, 0.25) is 0 Å². The summed E-state index contributed by atoms with van der Waals surface area (Å²) >= 11 is 6.33. The first-order valence-electron chi connectivity index (χ1n) is 5.80. The predicted molar refractivity (Wildman–Crippen MR) is 72.4 cm³/mol. The van der Waals surface area contributed by atoms with Gasteiger partial charge in [0.1, 0.15) is 10.9 Å². The molecular weight excluding hydrogens is 248 g/mol. The number of ketones is 1. The van der Waals surface area contributed by atoms with Gasteiger partial charge in [0, 0.05) is 12.0 Å². The summed E-state index contributed by atoms with van der Waals surface area (Å²) < 4.78 is 1.70. The third-order valence-corrected chi connectivity index (χ3v) is 3.28. The minimum atomic E-state index is 0.0873. The zero-order valence-corrected chi connectivity index (χ0v) is 11.5. The van der Waals surface area contributed by atoms with E-state index in [1.165, 1.54) is 0 Å². The Morgan fingerprint density at radius 3 is 2.61 bits per heavy atom. The molecule has 0 bridgehead atoms. The van der Waals surface area contributed by atoms with Gasteiger partial charge >= 0.3 is 0 Å². The summed E-state index contributed by atoms with van der Waals surface area (Å²) in [5, 5.41) is 4.95. The molecule has 18 heavy (non-hydrogen) atoms. The topological polar surface area (TPSA) is 34.9 Å². The third kappa shape index (κ3) is 2.31. The molecule has 0 saturated carbocycles. The molecular formula is C14H15ClN2O. The van der Waals surface area contributed by atoms with Gasteiger partial charge in [0.25, 0.3) is 0 Å². The fourth-order valence-electron chi connectivity index (χ4n) is 1.94. The highest BCUT2D eigenvalue weighted by molar-refractivity contribution is 6.30. The van der Waals surface area contributed by atoms with Crippen LogP contribution in [0.15, 0.2) is 24.3 Å². The van der Waals surface area contributed by atoms with Crippen LogP contribution in [0.25, 0.3) is 5.69 Å². The van der Waals surface area contributed by atoms with Gasteiger partial charge in [-0.1, -0.05) is 29.8 Å². The fraction of sp³-hybridized carbons (Fsp3) is 0.286. The lowest BCUT2D eigenvalue weighted by molar-refractivity contribution is -0.116.